The van der Waals surface area contributed by atoms with Gasteiger partial charge < -0.3 is 15.8 Å². The summed E-state index contributed by atoms with van der Waals surface area (Å²) in [6, 6.07) is 13.2. The first-order valence-electron chi connectivity index (χ1n) is 6.93. The number of nitrogen functional groups attached to an aromatic ring is 1. The van der Waals surface area contributed by atoms with E-state index in [2.05, 4.69) is 24.4 Å². The van der Waals surface area contributed by atoms with Gasteiger partial charge in [0.25, 0.3) is 5.91 Å². The molecule has 4 heteroatoms. The number of nitrogens with two attached hydrogens (primary N) is 1. The number of rotatable bonds is 5. The van der Waals surface area contributed by atoms with Gasteiger partial charge in [0, 0.05) is 12.1 Å². The molecule has 0 aliphatic rings. The summed E-state index contributed by atoms with van der Waals surface area (Å²) in [5.74, 6) is 0.364. The molecule has 3 N–H and O–H groups in total. The first-order valence-corrected chi connectivity index (χ1v) is 6.93. The SMILES string of the molecule is CCc1ccc(CNC(=O)c2ccc(N)c(OC)c2)cc1. The van der Waals surface area contributed by atoms with E-state index in [4.69, 9.17) is 10.5 Å². The van der Waals surface area contributed by atoms with Crippen molar-refractivity contribution in [1.82, 2.24) is 5.32 Å². The van der Waals surface area contributed by atoms with Crippen LogP contribution >= 0.6 is 0 Å². The van der Waals surface area contributed by atoms with E-state index in [0.717, 1.165) is 12.0 Å². The number of nitrogens with one attached hydrogen (secondary N) is 1. The summed E-state index contributed by atoms with van der Waals surface area (Å²) in [5, 5.41) is 2.89. The smallest absolute Gasteiger partial charge is 0.251 e. The van der Waals surface area contributed by atoms with Gasteiger partial charge in [-0.3, -0.25) is 4.79 Å². The molecule has 2 rings (SSSR count). The molecule has 0 aromatic heterocycles. The van der Waals surface area contributed by atoms with E-state index in [-0.39, 0.29) is 5.91 Å². The zero-order valence-corrected chi connectivity index (χ0v) is 12.3. The largest absolute Gasteiger partial charge is 0.495 e. The van der Waals surface area contributed by atoms with Gasteiger partial charge in [0.15, 0.2) is 0 Å². The Bertz CT molecular complexity index is 621. The molecule has 0 spiro atoms. The molecular weight excluding hydrogens is 264 g/mol. The Kier molecular flexibility index (Phi) is 4.82. The van der Waals surface area contributed by atoms with Crippen molar-refractivity contribution >= 4 is 11.6 Å². The lowest BCUT2D eigenvalue weighted by molar-refractivity contribution is 0.0950. The number of ether oxygens (including phenoxy) is 1. The lowest BCUT2D eigenvalue weighted by Crippen LogP contribution is -2.22. The van der Waals surface area contributed by atoms with E-state index >= 15 is 0 Å². The average molecular weight is 284 g/mol. The fourth-order valence-corrected chi connectivity index (χ4v) is 2.03. The van der Waals surface area contributed by atoms with Crippen LogP contribution in [0.1, 0.15) is 28.4 Å². The Morgan fingerprint density at radius 3 is 2.43 bits per heavy atom. The number of methoxy groups -OCH3 is 1. The minimum Gasteiger partial charge on any atom is -0.495 e. The summed E-state index contributed by atoms with van der Waals surface area (Å²) < 4.78 is 5.12. The van der Waals surface area contributed by atoms with Crippen molar-refractivity contribution in [2.24, 2.45) is 0 Å². The number of benzene rings is 2. The Morgan fingerprint density at radius 2 is 1.81 bits per heavy atom. The quantitative estimate of drug-likeness (QED) is 0.830. The summed E-state index contributed by atoms with van der Waals surface area (Å²) in [7, 11) is 1.53. The highest BCUT2D eigenvalue weighted by Gasteiger charge is 2.08. The Balaban J connectivity index is 2.00. The van der Waals surface area contributed by atoms with Crippen LogP contribution in [0.15, 0.2) is 42.5 Å². The van der Waals surface area contributed by atoms with Gasteiger partial charge in [-0.15, -0.1) is 0 Å². The number of anilines is 1. The van der Waals surface area contributed by atoms with Crippen molar-refractivity contribution in [2.45, 2.75) is 19.9 Å². The average Bonchev–Trinajstić information content (AvgIpc) is 2.53. The number of hydrogen-bond acceptors (Lipinski definition) is 3. The number of aryl methyl sites for hydroxylation is 1. The summed E-state index contributed by atoms with van der Waals surface area (Å²) in [5.41, 5.74) is 9.14. The molecule has 0 heterocycles. The van der Waals surface area contributed by atoms with Crippen molar-refractivity contribution in [2.75, 3.05) is 12.8 Å². The van der Waals surface area contributed by atoms with E-state index in [9.17, 15) is 4.79 Å². The van der Waals surface area contributed by atoms with Crippen LogP contribution in [0, 0.1) is 0 Å². The van der Waals surface area contributed by atoms with Crippen LogP contribution in [0.25, 0.3) is 0 Å². The number of carbonyl (C=O) groups is 1. The van der Waals surface area contributed by atoms with Gasteiger partial charge in [-0.1, -0.05) is 31.2 Å². The van der Waals surface area contributed by atoms with Crippen LogP contribution in [-0.2, 0) is 13.0 Å². The predicted octanol–water partition coefficient (Wildman–Crippen LogP) is 2.77. The molecule has 2 aromatic rings. The maximum absolute atomic E-state index is 12.1. The van der Waals surface area contributed by atoms with Crippen LogP contribution in [0.5, 0.6) is 5.75 Å². The minimum absolute atomic E-state index is 0.145. The molecule has 110 valence electrons. The number of amides is 1. The zero-order valence-electron chi connectivity index (χ0n) is 12.3. The van der Waals surface area contributed by atoms with Crippen LogP contribution in [0.4, 0.5) is 5.69 Å². The third-order valence-electron chi connectivity index (χ3n) is 3.38. The van der Waals surface area contributed by atoms with Crippen LogP contribution < -0.4 is 15.8 Å². The van der Waals surface area contributed by atoms with Gasteiger partial charge in [-0.05, 0) is 35.7 Å². The summed E-state index contributed by atoms with van der Waals surface area (Å²) in [6.07, 6.45) is 1.01. The van der Waals surface area contributed by atoms with Gasteiger partial charge in [0.05, 0.1) is 12.8 Å². The Morgan fingerprint density at radius 1 is 1.14 bits per heavy atom. The standard InChI is InChI=1S/C17H20N2O2/c1-3-12-4-6-13(7-5-12)11-19-17(20)14-8-9-15(18)16(10-14)21-2/h4-10H,3,11,18H2,1-2H3,(H,19,20). The molecule has 1 amide bonds. The second kappa shape index (κ2) is 6.79. The Hall–Kier alpha value is -2.49. The number of hydrogen-bond donors (Lipinski definition) is 2. The molecule has 0 fully saturated rings. The molecular formula is C17H20N2O2. The lowest BCUT2D eigenvalue weighted by atomic mass is 10.1. The first-order chi connectivity index (χ1) is 10.1. The normalized spacial score (nSPS) is 10.2. The van der Waals surface area contributed by atoms with Crippen molar-refractivity contribution in [3.05, 3.63) is 59.2 Å². The fourth-order valence-electron chi connectivity index (χ4n) is 2.03. The fraction of sp³-hybridized carbons (Fsp3) is 0.235. The van der Waals surface area contributed by atoms with Gasteiger partial charge in [0.2, 0.25) is 0 Å². The second-order valence-corrected chi connectivity index (χ2v) is 4.81. The van der Waals surface area contributed by atoms with Crippen LogP contribution in [-0.4, -0.2) is 13.0 Å². The summed E-state index contributed by atoms with van der Waals surface area (Å²) in [4.78, 5) is 12.1. The molecule has 0 saturated heterocycles. The van der Waals surface area contributed by atoms with Gasteiger partial charge >= 0.3 is 0 Å². The second-order valence-electron chi connectivity index (χ2n) is 4.81. The summed E-state index contributed by atoms with van der Waals surface area (Å²) in [6.45, 7) is 2.61. The third kappa shape index (κ3) is 3.75. The monoisotopic (exact) mass is 284 g/mol. The number of carbonyl (C=O) groups excluding carboxylic acids is 1. The maximum atomic E-state index is 12.1. The molecule has 4 nitrogen and oxygen atoms in total. The minimum atomic E-state index is -0.145. The molecule has 0 aliphatic heterocycles. The van der Waals surface area contributed by atoms with E-state index in [0.29, 0.717) is 23.5 Å². The first kappa shape index (κ1) is 14.9. The van der Waals surface area contributed by atoms with Crippen LogP contribution in [0.3, 0.4) is 0 Å². The maximum Gasteiger partial charge on any atom is 0.251 e. The lowest BCUT2D eigenvalue weighted by Gasteiger charge is -2.09. The van der Waals surface area contributed by atoms with Crippen molar-refractivity contribution < 1.29 is 9.53 Å². The van der Waals surface area contributed by atoms with Gasteiger partial charge in [-0.25, -0.2) is 0 Å². The zero-order chi connectivity index (χ0) is 15.2. The molecule has 2 aromatic carbocycles. The van der Waals surface area contributed by atoms with Gasteiger partial charge in [-0.2, -0.15) is 0 Å². The van der Waals surface area contributed by atoms with Crippen molar-refractivity contribution in [1.29, 1.82) is 0 Å². The summed E-state index contributed by atoms with van der Waals surface area (Å²) >= 11 is 0. The molecule has 0 atom stereocenters. The van der Waals surface area contributed by atoms with Crippen LogP contribution in [0.2, 0.25) is 0 Å². The molecule has 0 radical (unpaired) electrons. The van der Waals surface area contributed by atoms with Gasteiger partial charge in [0.1, 0.15) is 5.75 Å². The van der Waals surface area contributed by atoms with E-state index < -0.39 is 0 Å². The highest BCUT2D eigenvalue weighted by molar-refractivity contribution is 5.95. The highest BCUT2D eigenvalue weighted by Crippen LogP contribution is 2.22. The molecule has 0 unspecified atom stereocenters. The predicted molar refractivity (Wildman–Crippen MR) is 84.4 cm³/mol. The van der Waals surface area contributed by atoms with Crippen molar-refractivity contribution in [3.63, 3.8) is 0 Å². The highest BCUT2D eigenvalue weighted by atomic mass is 16.5. The molecule has 0 bridgehead atoms. The Labute approximate surface area is 124 Å². The van der Waals surface area contributed by atoms with Crippen molar-refractivity contribution in [3.8, 4) is 5.75 Å². The van der Waals surface area contributed by atoms with E-state index in [1.807, 2.05) is 12.1 Å². The van der Waals surface area contributed by atoms with E-state index in [1.165, 1.54) is 12.7 Å². The molecule has 0 saturated carbocycles. The molecule has 21 heavy (non-hydrogen) atoms. The topological polar surface area (TPSA) is 64.4 Å². The van der Waals surface area contributed by atoms with E-state index in [1.54, 1.807) is 18.2 Å². The molecule has 0 aliphatic carbocycles. The third-order valence-corrected chi connectivity index (χ3v) is 3.38.